The number of nitrogens with zero attached hydrogens (tertiary/aromatic N) is 2. The summed E-state index contributed by atoms with van der Waals surface area (Å²) >= 11 is 6.01. The van der Waals surface area contributed by atoms with Crippen molar-refractivity contribution in [2.24, 2.45) is 0 Å². The lowest BCUT2D eigenvalue weighted by atomic mass is 10.1. The van der Waals surface area contributed by atoms with Crippen LogP contribution in [0.15, 0.2) is 48.5 Å². The average molecular weight is 498 g/mol. The first-order valence-corrected chi connectivity index (χ1v) is 12.7. The van der Waals surface area contributed by atoms with E-state index in [1.807, 2.05) is 13.8 Å². The summed E-state index contributed by atoms with van der Waals surface area (Å²) in [6.45, 7) is 4.49. The lowest BCUT2D eigenvalue weighted by Crippen LogP contribution is -2.52. The molecule has 0 saturated carbocycles. The van der Waals surface area contributed by atoms with Crippen LogP contribution in [-0.4, -0.2) is 50.0 Å². The highest BCUT2D eigenvalue weighted by Crippen LogP contribution is 2.23. The average Bonchev–Trinajstić information content (AvgIpc) is 2.75. The molecule has 0 aliphatic carbocycles. The monoisotopic (exact) mass is 497 g/mol. The lowest BCUT2D eigenvalue weighted by Gasteiger charge is -2.32. The third kappa shape index (κ3) is 7.43. The van der Waals surface area contributed by atoms with E-state index in [1.165, 1.54) is 42.2 Å². The van der Waals surface area contributed by atoms with E-state index in [1.54, 1.807) is 18.2 Å². The zero-order valence-corrected chi connectivity index (χ0v) is 20.7. The summed E-state index contributed by atoms with van der Waals surface area (Å²) in [5.41, 5.74) is 0.420. The second-order valence-electron chi connectivity index (χ2n) is 7.86. The van der Waals surface area contributed by atoms with Crippen LogP contribution in [0.1, 0.15) is 32.8 Å². The molecule has 0 saturated heterocycles. The number of carbonyl (C=O) groups excluding carboxylic acids is 2. The molecule has 0 heterocycles. The molecule has 0 aromatic heterocycles. The van der Waals surface area contributed by atoms with Gasteiger partial charge in [0.05, 0.1) is 11.9 Å². The van der Waals surface area contributed by atoms with Gasteiger partial charge in [0.15, 0.2) is 0 Å². The maximum atomic E-state index is 14.3. The fraction of sp³-hybridized carbons (Fsp3) is 0.391. The van der Waals surface area contributed by atoms with Gasteiger partial charge >= 0.3 is 0 Å². The lowest BCUT2D eigenvalue weighted by molar-refractivity contribution is -0.139. The van der Waals surface area contributed by atoms with Crippen LogP contribution in [-0.2, 0) is 26.2 Å². The van der Waals surface area contributed by atoms with E-state index in [0.717, 1.165) is 10.6 Å². The molecule has 0 aliphatic heterocycles. The van der Waals surface area contributed by atoms with Gasteiger partial charge in [0.25, 0.3) is 0 Å². The van der Waals surface area contributed by atoms with Crippen LogP contribution < -0.4 is 9.62 Å². The van der Waals surface area contributed by atoms with Crippen molar-refractivity contribution >= 4 is 39.1 Å². The number of rotatable bonds is 10. The number of hydrogen-bond acceptors (Lipinski definition) is 4. The van der Waals surface area contributed by atoms with E-state index in [2.05, 4.69) is 5.32 Å². The van der Waals surface area contributed by atoms with Crippen LogP contribution in [0.2, 0.25) is 5.02 Å². The van der Waals surface area contributed by atoms with Gasteiger partial charge in [-0.05, 0) is 44.5 Å². The molecule has 33 heavy (non-hydrogen) atoms. The van der Waals surface area contributed by atoms with Crippen molar-refractivity contribution in [2.45, 2.75) is 45.8 Å². The molecule has 2 aromatic rings. The third-order valence-corrected chi connectivity index (χ3v) is 6.62. The predicted octanol–water partition coefficient (Wildman–Crippen LogP) is 3.58. The topological polar surface area (TPSA) is 86.8 Å². The van der Waals surface area contributed by atoms with E-state index < -0.39 is 40.2 Å². The van der Waals surface area contributed by atoms with Gasteiger partial charge in [-0.1, -0.05) is 42.8 Å². The van der Waals surface area contributed by atoms with E-state index in [4.69, 9.17) is 11.6 Å². The number of anilines is 1. The summed E-state index contributed by atoms with van der Waals surface area (Å²) < 4.78 is 40.2. The molecule has 2 amide bonds. The summed E-state index contributed by atoms with van der Waals surface area (Å²) in [4.78, 5) is 27.3. The molecular weight excluding hydrogens is 469 g/mol. The Bertz CT molecular complexity index is 1100. The van der Waals surface area contributed by atoms with Crippen LogP contribution in [0, 0.1) is 5.82 Å². The van der Waals surface area contributed by atoms with Crippen molar-refractivity contribution in [1.82, 2.24) is 10.2 Å². The molecule has 2 aromatic carbocycles. The minimum Gasteiger partial charge on any atom is -0.352 e. The van der Waals surface area contributed by atoms with Gasteiger partial charge in [0.1, 0.15) is 18.4 Å². The molecule has 0 fully saturated rings. The third-order valence-electron chi connectivity index (χ3n) is 5.24. The van der Waals surface area contributed by atoms with Gasteiger partial charge in [-0.25, -0.2) is 12.8 Å². The highest BCUT2D eigenvalue weighted by atomic mass is 35.5. The molecule has 0 spiro atoms. The molecular formula is C23H29ClFN3O4S. The molecule has 0 unspecified atom stereocenters. The summed E-state index contributed by atoms with van der Waals surface area (Å²) in [6.07, 6.45) is 1.66. The number of amides is 2. The molecule has 0 aliphatic rings. The van der Waals surface area contributed by atoms with Gasteiger partial charge in [0, 0.05) is 23.2 Å². The molecule has 180 valence electrons. The summed E-state index contributed by atoms with van der Waals surface area (Å²) in [7, 11) is -3.86. The zero-order chi connectivity index (χ0) is 24.8. The first-order valence-electron chi connectivity index (χ1n) is 10.5. The number of halogens is 2. The van der Waals surface area contributed by atoms with Crippen molar-refractivity contribution in [2.75, 3.05) is 17.1 Å². The van der Waals surface area contributed by atoms with Gasteiger partial charge in [0.2, 0.25) is 21.8 Å². The van der Waals surface area contributed by atoms with Crippen molar-refractivity contribution in [1.29, 1.82) is 0 Å². The van der Waals surface area contributed by atoms with Gasteiger partial charge in [-0.2, -0.15) is 0 Å². The quantitative estimate of drug-likeness (QED) is 0.543. The minimum atomic E-state index is -3.86. The largest absolute Gasteiger partial charge is 0.352 e. The molecule has 0 radical (unpaired) electrons. The summed E-state index contributed by atoms with van der Waals surface area (Å²) in [5.74, 6) is -1.60. The van der Waals surface area contributed by atoms with Crippen molar-refractivity contribution < 1.29 is 22.4 Å². The Morgan fingerprint density at radius 2 is 1.79 bits per heavy atom. The van der Waals surface area contributed by atoms with Crippen LogP contribution in [0.25, 0.3) is 0 Å². The smallest absolute Gasteiger partial charge is 0.244 e. The number of nitrogens with one attached hydrogen (secondary N) is 1. The normalized spacial score (nSPS) is 13.2. The van der Waals surface area contributed by atoms with Gasteiger partial charge in [-0.15, -0.1) is 0 Å². The number of hydrogen-bond donors (Lipinski definition) is 1. The Balaban J connectivity index is 2.40. The van der Waals surface area contributed by atoms with Crippen LogP contribution in [0.4, 0.5) is 10.1 Å². The molecule has 10 heteroatoms. The Labute approximate surface area is 199 Å². The Hall–Kier alpha value is -2.65. The highest BCUT2D eigenvalue weighted by Gasteiger charge is 2.31. The predicted molar refractivity (Wildman–Crippen MR) is 128 cm³/mol. The second kappa shape index (κ2) is 11.5. The molecule has 2 atom stereocenters. The van der Waals surface area contributed by atoms with Crippen LogP contribution in [0.5, 0.6) is 0 Å². The van der Waals surface area contributed by atoms with E-state index in [0.29, 0.717) is 11.4 Å². The number of benzene rings is 2. The van der Waals surface area contributed by atoms with Crippen molar-refractivity contribution in [3.8, 4) is 0 Å². The van der Waals surface area contributed by atoms with E-state index in [9.17, 15) is 22.4 Å². The first kappa shape index (κ1) is 26.6. The Morgan fingerprint density at radius 1 is 1.12 bits per heavy atom. The second-order valence-corrected chi connectivity index (χ2v) is 10.2. The SMILES string of the molecule is CC[C@H](C)NC(=O)[C@@H](C)N(Cc1ccccc1F)C(=O)CN(c1cccc(Cl)c1)S(C)(=O)=O. The minimum absolute atomic E-state index is 0.121. The maximum Gasteiger partial charge on any atom is 0.244 e. The highest BCUT2D eigenvalue weighted by molar-refractivity contribution is 7.92. The molecule has 2 rings (SSSR count). The van der Waals surface area contributed by atoms with E-state index >= 15 is 0 Å². The Morgan fingerprint density at radius 3 is 2.36 bits per heavy atom. The van der Waals surface area contributed by atoms with Crippen molar-refractivity contribution in [3.05, 3.63) is 64.9 Å². The maximum absolute atomic E-state index is 14.3. The number of sulfonamides is 1. The molecule has 7 nitrogen and oxygen atoms in total. The molecule has 1 N–H and O–H groups in total. The standard InChI is InChI=1S/C23H29ClFN3O4S/c1-5-16(2)26-23(30)17(3)27(14-18-9-6-7-12-21(18)25)22(29)15-28(33(4,31)32)20-11-8-10-19(24)13-20/h6-13,16-17H,5,14-15H2,1-4H3,(H,26,30)/t16-,17+/m0/s1. The summed E-state index contributed by atoms with van der Waals surface area (Å²) in [5, 5.41) is 3.12. The van der Waals surface area contributed by atoms with Gasteiger partial charge in [-0.3, -0.25) is 13.9 Å². The fourth-order valence-electron chi connectivity index (χ4n) is 3.10. The Kier molecular flexibility index (Phi) is 9.25. The summed E-state index contributed by atoms with van der Waals surface area (Å²) in [6, 6.07) is 10.9. The first-order chi connectivity index (χ1) is 15.4. The number of carbonyl (C=O) groups is 2. The van der Waals surface area contributed by atoms with Crippen LogP contribution >= 0.6 is 11.6 Å². The fourth-order valence-corrected chi connectivity index (χ4v) is 4.13. The van der Waals surface area contributed by atoms with Crippen molar-refractivity contribution in [3.63, 3.8) is 0 Å². The van der Waals surface area contributed by atoms with Crippen LogP contribution in [0.3, 0.4) is 0 Å². The molecule has 0 bridgehead atoms. The van der Waals surface area contributed by atoms with E-state index in [-0.39, 0.29) is 23.8 Å². The zero-order valence-electron chi connectivity index (χ0n) is 19.1. The van der Waals surface area contributed by atoms with Gasteiger partial charge < -0.3 is 10.2 Å².